The lowest BCUT2D eigenvalue weighted by Gasteiger charge is -2.13. The predicted octanol–water partition coefficient (Wildman–Crippen LogP) is 3.91. The Labute approximate surface area is 144 Å². The molecule has 2 aromatic carbocycles. The van der Waals surface area contributed by atoms with Crippen LogP contribution in [0, 0.1) is 13.8 Å². The minimum Gasteiger partial charge on any atom is -0.495 e. The molecule has 3 rings (SSSR count). The molecular weight excluding hydrogens is 352 g/mol. The minimum absolute atomic E-state index is 0.0287. The van der Waals surface area contributed by atoms with Crippen LogP contribution >= 0.6 is 11.6 Å². The number of nitrogens with one attached hydrogen (secondary N) is 1. The Hall–Kier alpha value is -2.25. The number of fused-ring (bicyclic) bond motifs is 1. The van der Waals surface area contributed by atoms with Crippen molar-refractivity contribution in [3.8, 4) is 5.75 Å². The number of ether oxygens (including phenoxy) is 1. The third kappa shape index (κ3) is 2.92. The molecule has 0 aliphatic heterocycles. The normalized spacial score (nSPS) is 11.7. The average molecular weight is 367 g/mol. The molecule has 0 bridgehead atoms. The van der Waals surface area contributed by atoms with Crippen molar-refractivity contribution in [2.45, 2.75) is 18.7 Å². The van der Waals surface area contributed by atoms with Crippen molar-refractivity contribution < 1.29 is 17.7 Å². The van der Waals surface area contributed by atoms with Crippen LogP contribution in [0.1, 0.15) is 11.3 Å². The summed E-state index contributed by atoms with van der Waals surface area (Å²) in [5.74, 6) is 0.215. The van der Waals surface area contributed by atoms with Gasteiger partial charge in [0.1, 0.15) is 10.6 Å². The van der Waals surface area contributed by atoms with Gasteiger partial charge in [0.15, 0.2) is 5.58 Å². The molecule has 0 saturated carbocycles. The van der Waals surface area contributed by atoms with Crippen LogP contribution in [0.2, 0.25) is 5.02 Å². The number of nitrogens with zero attached hydrogens (tertiary/aromatic N) is 1. The fraction of sp³-hybridized carbons (Fsp3) is 0.188. The second kappa shape index (κ2) is 5.99. The van der Waals surface area contributed by atoms with Crippen LogP contribution in [0.4, 0.5) is 5.69 Å². The van der Waals surface area contributed by atoms with Crippen molar-refractivity contribution >= 4 is 38.3 Å². The Bertz CT molecular complexity index is 1030. The summed E-state index contributed by atoms with van der Waals surface area (Å²) in [5.41, 5.74) is 2.44. The zero-order valence-corrected chi connectivity index (χ0v) is 14.8. The van der Waals surface area contributed by atoms with Crippen molar-refractivity contribution in [3.63, 3.8) is 0 Å². The van der Waals surface area contributed by atoms with E-state index in [1.807, 2.05) is 0 Å². The topological polar surface area (TPSA) is 81.4 Å². The van der Waals surface area contributed by atoms with E-state index in [4.69, 9.17) is 20.9 Å². The van der Waals surface area contributed by atoms with E-state index in [2.05, 4.69) is 9.88 Å². The Morgan fingerprint density at radius 1 is 1.21 bits per heavy atom. The second-order valence-electron chi connectivity index (χ2n) is 5.33. The maximum absolute atomic E-state index is 12.8. The lowest BCUT2D eigenvalue weighted by atomic mass is 10.1. The van der Waals surface area contributed by atoms with Gasteiger partial charge in [-0.1, -0.05) is 16.8 Å². The third-order valence-electron chi connectivity index (χ3n) is 3.66. The van der Waals surface area contributed by atoms with Crippen molar-refractivity contribution in [1.82, 2.24) is 5.16 Å². The molecule has 0 amide bonds. The molecule has 0 radical (unpaired) electrons. The highest BCUT2D eigenvalue weighted by molar-refractivity contribution is 7.92. The zero-order valence-electron chi connectivity index (χ0n) is 13.3. The van der Waals surface area contributed by atoms with Gasteiger partial charge in [-0.25, -0.2) is 8.42 Å². The monoisotopic (exact) mass is 366 g/mol. The predicted molar refractivity (Wildman–Crippen MR) is 92.3 cm³/mol. The van der Waals surface area contributed by atoms with Gasteiger partial charge in [0.2, 0.25) is 0 Å². The van der Waals surface area contributed by atoms with Gasteiger partial charge in [-0.05, 0) is 49.7 Å². The van der Waals surface area contributed by atoms with E-state index >= 15 is 0 Å². The van der Waals surface area contributed by atoms with Crippen molar-refractivity contribution in [3.05, 3.63) is 46.6 Å². The largest absolute Gasteiger partial charge is 0.495 e. The summed E-state index contributed by atoms with van der Waals surface area (Å²) >= 11 is 5.93. The molecule has 0 unspecified atom stereocenters. The molecule has 0 fully saturated rings. The number of methoxy groups -OCH3 is 1. The number of sulfonamides is 1. The van der Waals surface area contributed by atoms with E-state index < -0.39 is 10.0 Å². The number of hydrogen-bond donors (Lipinski definition) is 1. The van der Waals surface area contributed by atoms with Gasteiger partial charge in [-0.2, -0.15) is 0 Å². The van der Waals surface area contributed by atoms with E-state index in [1.165, 1.54) is 19.2 Å². The van der Waals surface area contributed by atoms with Crippen LogP contribution in [0.3, 0.4) is 0 Å². The van der Waals surface area contributed by atoms with Gasteiger partial charge in [-0.3, -0.25) is 4.72 Å². The van der Waals surface area contributed by atoms with Crippen molar-refractivity contribution in [2.75, 3.05) is 11.8 Å². The summed E-state index contributed by atoms with van der Waals surface area (Å²) in [7, 11) is -2.47. The first-order valence-electron chi connectivity index (χ1n) is 7.05. The molecule has 126 valence electrons. The summed E-state index contributed by atoms with van der Waals surface area (Å²) in [6, 6.07) is 7.86. The highest BCUT2D eigenvalue weighted by Gasteiger charge is 2.21. The third-order valence-corrected chi connectivity index (χ3v) is 5.28. The molecule has 6 nitrogen and oxygen atoms in total. The molecule has 3 aromatic rings. The van der Waals surface area contributed by atoms with Crippen LogP contribution in [0.5, 0.6) is 5.75 Å². The fourth-order valence-electron chi connectivity index (χ4n) is 2.38. The quantitative estimate of drug-likeness (QED) is 0.757. The van der Waals surface area contributed by atoms with E-state index in [1.54, 1.807) is 32.0 Å². The Balaban J connectivity index is 2.08. The Kier molecular flexibility index (Phi) is 4.15. The number of halogens is 1. The molecule has 0 aliphatic carbocycles. The molecule has 24 heavy (non-hydrogen) atoms. The number of benzene rings is 2. The van der Waals surface area contributed by atoms with Gasteiger partial charge in [0.05, 0.1) is 18.5 Å². The molecule has 0 spiro atoms. The summed E-state index contributed by atoms with van der Waals surface area (Å²) in [6.07, 6.45) is 0. The first-order valence-corrected chi connectivity index (χ1v) is 8.91. The summed E-state index contributed by atoms with van der Waals surface area (Å²) < 4.78 is 38.4. The first kappa shape index (κ1) is 16.6. The van der Waals surface area contributed by atoms with E-state index in [0.717, 1.165) is 5.39 Å². The molecule has 8 heteroatoms. The maximum Gasteiger partial charge on any atom is 0.265 e. The van der Waals surface area contributed by atoms with Crippen LogP contribution in [-0.4, -0.2) is 20.7 Å². The van der Waals surface area contributed by atoms with Gasteiger partial charge in [0.25, 0.3) is 10.0 Å². The zero-order chi connectivity index (χ0) is 17.5. The minimum atomic E-state index is -3.88. The standard InChI is InChI=1S/C16H15ClN2O4S/c1-9-6-15-12(10(2)18-23-15)8-13(9)19-24(20,21)16-7-11(17)4-5-14(16)22-3/h4-8,19H,1-3H3. The summed E-state index contributed by atoms with van der Waals surface area (Å²) in [5, 5.41) is 4.93. The summed E-state index contributed by atoms with van der Waals surface area (Å²) in [4.78, 5) is -0.0287. The van der Waals surface area contributed by atoms with E-state index in [-0.39, 0.29) is 10.6 Å². The van der Waals surface area contributed by atoms with Gasteiger partial charge >= 0.3 is 0 Å². The molecule has 0 saturated heterocycles. The Morgan fingerprint density at radius 3 is 2.67 bits per heavy atom. The SMILES string of the molecule is COc1ccc(Cl)cc1S(=O)(=O)Nc1cc2c(C)noc2cc1C. The molecular formula is C16H15ClN2O4S. The lowest BCUT2D eigenvalue weighted by molar-refractivity contribution is 0.403. The fourth-order valence-corrected chi connectivity index (χ4v) is 3.93. The van der Waals surface area contributed by atoms with Gasteiger partial charge < -0.3 is 9.26 Å². The van der Waals surface area contributed by atoms with Gasteiger partial charge in [0, 0.05) is 10.4 Å². The number of aryl methyl sites for hydroxylation is 2. The maximum atomic E-state index is 12.8. The first-order chi connectivity index (χ1) is 11.3. The van der Waals surface area contributed by atoms with Crippen LogP contribution in [0.15, 0.2) is 39.8 Å². The number of anilines is 1. The smallest absolute Gasteiger partial charge is 0.265 e. The van der Waals surface area contributed by atoms with Crippen LogP contribution < -0.4 is 9.46 Å². The van der Waals surface area contributed by atoms with E-state index in [9.17, 15) is 8.42 Å². The number of hydrogen-bond acceptors (Lipinski definition) is 5. The van der Waals surface area contributed by atoms with Crippen LogP contribution in [-0.2, 0) is 10.0 Å². The molecule has 1 aromatic heterocycles. The molecule has 1 heterocycles. The average Bonchev–Trinajstić information content (AvgIpc) is 2.88. The van der Waals surface area contributed by atoms with Crippen molar-refractivity contribution in [2.24, 2.45) is 0 Å². The lowest BCUT2D eigenvalue weighted by Crippen LogP contribution is -2.15. The highest BCUT2D eigenvalue weighted by Crippen LogP contribution is 2.31. The summed E-state index contributed by atoms with van der Waals surface area (Å²) in [6.45, 7) is 3.57. The highest BCUT2D eigenvalue weighted by atomic mass is 35.5. The second-order valence-corrected chi connectivity index (χ2v) is 7.42. The van der Waals surface area contributed by atoms with Crippen molar-refractivity contribution in [1.29, 1.82) is 0 Å². The molecule has 0 aliphatic rings. The van der Waals surface area contributed by atoms with Gasteiger partial charge in [-0.15, -0.1) is 0 Å². The van der Waals surface area contributed by atoms with Crippen LogP contribution in [0.25, 0.3) is 11.0 Å². The molecule has 1 N–H and O–H groups in total. The molecule has 0 atom stereocenters. The number of rotatable bonds is 4. The number of aromatic nitrogens is 1. The van der Waals surface area contributed by atoms with E-state index in [0.29, 0.717) is 27.6 Å². The Morgan fingerprint density at radius 2 is 1.96 bits per heavy atom.